The molecular weight excluding hydrogens is 268 g/mol. The topological polar surface area (TPSA) is 66.4 Å². The number of hydrogen-bond donors (Lipinski definition) is 2. The molecular formula is C14H15F2NO3. The fourth-order valence-corrected chi connectivity index (χ4v) is 2.52. The minimum Gasteiger partial charge on any atom is -0.481 e. The first kappa shape index (κ1) is 14.4. The standard InChI is InChI=1S/C14H15F2NO3/c15-10-5-11(16)7-12(6-10)17-13(18)8-2-1-3-9(4-8)14(19)20/h5-9H,1-4H2,(H,17,18)(H,19,20)/t8-,9-/m1/s1. The number of carboxylic acids is 1. The summed E-state index contributed by atoms with van der Waals surface area (Å²) < 4.78 is 26.0. The average molecular weight is 283 g/mol. The number of benzene rings is 1. The first-order chi connectivity index (χ1) is 9.45. The highest BCUT2D eigenvalue weighted by molar-refractivity contribution is 5.93. The van der Waals surface area contributed by atoms with E-state index in [1.54, 1.807) is 0 Å². The molecule has 1 aliphatic carbocycles. The maximum Gasteiger partial charge on any atom is 0.306 e. The molecule has 0 aliphatic heterocycles. The number of amides is 1. The van der Waals surface area contributed by atoms with Crippen molar-refractivity contribution in [1.29, 1.82) is 0 Å². The lowest BCUT2D eigenvalue weighted by Crippen LogP contribution is -2.31. The molecule has 1 aliphatic rings. The Hall–Kier alpha value is -1.98. The van der Waals surface area contributed by atoms with Crippen LogP contribution in [0.5, 0.6) is 0 Å². The van der Waals surface area contributed by atoms with Gasteiger partial charge in [0.05, 0.1) is 5.92 Å². The number of rotatable bonds is 3. The summed E-state index contributed by atoms with van der Waals surface area (Å²) in [5, 5.41) is 11.4. The van der Waals surface area contributed by atoms with Gasteiger partial charge in [0.2, 0.25) is 5.91 Å². The van der Waals surface area contributed by atoms with Gasteiger partial charge in [-0.1, -0.05) is 6.42 Å². The van der Waals surface area contributed by atoms with E-state index in [0.29, 0.717) is 19.3 Å². The molecule has 20 heavy (non-hydrogen) atoms. The van der Waals surface area contributed by atoms with Crippen LogP contribution in [0.25, 0.3) is 0 Å². The number of carbonyl (C=O) groups excluding carboxylic acids is 1. The van der Waals surface area contributed by atoms with Gasteiger partial charge in [0.15, 0.2) is 0 Å². The van der Waals surface area contributed by atoms with Gasteiger partial charge in [-0.2, -0.15) is 0 Å². The third-order valence-electron chi connectivity index (χ3n) is 3.52. The fourth-order valence-electron chi connectivity index (χ4n) is 2.52. The van der Waals surface area contributed by atoms with Gasteiger partial charge in [-0.25, -0.2) is 8.78 Å². The third-order valence-corrected chi connectivity index (χ3v) is 3.52. The van der Waals surface area contributed by atoms with E-state index in [0.717, 1.165) is 18.2 Å². The van der Waals surface area contributed by atoms with Crippen LogP contribution in [0.1, 0.15) is 25.7 Å². The second-order valence-corrected chi connectivity index (χ2v) is 5.05. The van der Waals surface area contributed by atoms with Crippen LogP contribution in [0, 0.1) is 23.5 Å². The zero-order valence-corrected chi connectivity index (χ0v) is 10.7. The zero-order valence-electron chi connectivity index (χ0n) is 10.7. The quantitative estimate of drug-likeness (QED) is 0.896. The van der Waals surface area contributed by atoms with E-state index in [4.69, 9.17) is 5.11 Å². The summed E-state index contributed by atoms with van der Waals surface area (Å²) in [6.45, 7) is 0. The number of aliphatic carboxylic acids is 1. The first-order valence-electron chi connectivity index (χ1n) is 6.45. The van der Waals surface area contributed by atoms with Gasteiger partial charge in [0.1, 0.15) is 11.6 Å². The molecule has 0 unspecified atom stereocenters. The Kier molecular flexibility index (Phi) is 4.32. The summed E-state index contributed by atoms with van der Waals surface area (Å²) in [6.07, 6.45) is 2.08. The van der Waals surface area contributed by atoms with Gasteiger partial charge < -0.3 is 10.4 Å². The lowest BCUT2D eigenvalue weighted by molar-refractivity contribution is -0.143. The SMILES string of the molecule is O=C(O)[C@@H]1CCC[C@@H](C(=O)Nc2cc(F)cc(F)c2)C1. The minimum absolute atomic E-state index is 0.0462. The number of hydrogen-bond acceptors (Lipinski definition) is 2. The second kappa shape index (κ2) is 5.98. The molecule has 0 saturated heterocycles. The summed E-state index contributed by atoms with van der Waals surface area (Å²) >= 11 is 0. The minimum atomic E-state index is -0.903. The van der Waals surface area contributed by atoms with Crippen LogP contribution in [-0.2, 0) is 9.59 Å². The molecule has 1 saturated carbocycles. The zero-order chi connectivity index (χ0) is 14.7. The smallest absolute Gasteiger partial charge is 0.306 e. The molecule has 6 heteroatoms. The predicted molar refractivity (Wildman–Crippen MR) is 68.1 cm³/mol. The summed E-state index contributed by atoms with van der Waals surface area (Å²) in [4.78, 5) is 22.9. The molecule has 1 aromatic rings. The van der Waals surface area contributed by atoms with Gasteiger partial charge >= 0.3 is 5.97 Å². The molecule has 0 heterocycles. The van der Waals surface area contributed by atoms with Crippen molar-refractivity contribution in [3.63, 3.8) is 0 Å². The van der Waals surface area contributed by atoms with Crippen molar-refractivity contribution < 1.29 is 23.5 Å². The summed E-state index contributed by atoms with van der Waals surface area (Å²) in [5.41, 5.74) is 0.0462. The Bertz CT molecular complexity index is 513. The predicted octanol–water partition coefficient (Wildman–Crippen LogP) is 2.79. The van der Waals surface area contributed by atoms with Crippen molar-refractivity contribution in [2.45, 2.75) is 25.7 Å². The van der Waals surface area contributed by atoms with Crippen LogP contribution in [0.2, 0.25) is 0 Å². The van der Waals surface area contributed by atoms with Crippen LogP contribution in [0.15, 0.2) is 18.2 Å². The highest BCUT2D eigenvalue weighted by atomic mass is 19.1. The highest BCUT2D eigenvalue weighted by Gasteiger charge is 2.31. The van der Waals surface area contributed by atoms with Crippen molar-refractivity contribution in [3.05, 3.63) is 29.8 Å². The monoisotopic (exact) mass is 283 g/mol. The van der Waals surface area contributed by atoms with Gasteiger partial charge in [0, 0.05) is 17.7 Å². The number of halogens is 2. The molecule has 108 valence electrons. The van der Waals surface area contributed by atoms with E-state index in [2.05, 4.69) is 5.32 Å². The molecule has 2 atom stereocenters. The van der Waals surface area contributed by atoms with Gasteiger partial charge in [-0.3, -0.25) is 9.59 Å². The number of nitrogens with one attached hydrogen (secondary N) is 1. The van der Waals surface area contributed by atoms with E-state index in [1.165, 1.54) is 0 Å². The Morgan fingerprint density at radius 2 is 1.70 bits per heavy atom. The molecule has 0 radical (unpaired) electrons. The van der Waals surface area contributed by atoms with Crippen LogP contribution in [-0.4, -0.2) is 17.0 Å². The molecule has 1 aromatic carbocycles. The first-order valence-corrected chi connectivity index (χ1v) is 6.45. The van der Waals surface area contributed by atoms with Gasteiger partial charge in [0.25, 0.3) is 0 Å². The van der Waals surface area contributed by atoms with Crippen molar-refractivity contribution in [3.8, 4) is 0 Å². The van der Waals surface area contributed by atoms with E-state index < -0.39 is 29.4 Å². The maximum absolute atomic E-state index is 13.0. The normalized spacial score (nSPS) is 22.3. The van der Waals surface area contributed by atoms with E-state index >= 15 is 0 Å². The molecule has 2 N–H and O–H groups in total. The molecule has 0 spiro atoms. The summed E-state index contributed by atoms with van der Waals surface area (Å²) in [6, 6.07) is 2.77. The van der Waals surface area contributed by atoms with E-state index in [9.17, 15) is 18.4 Å². The maximum atomic E-state index is 13.0. The van der Waals surface area contributed by atoms with Crippen LogP contribution < -0.4 is 5.32 Å². The highest BCUT2D eigenvalue weighted by Crippen LogP contribution is 2.30. The second-order valence-electron chi connectivity index (χ2n) is 5.05. The molecule has 0 bridgehead atoms. The summed E-state index contributed by atoms with van der Waals surface area (Å²) in [7, 11) is 0. The summed E-state index contributed by atoms with van der Waals surface area (Å²) in [5.74, 6) is -3.79. The largest absolute Gasteiger partial charge is 0.481 e. The van der Waals surface area contributed by atoms with Crippen molar-refractivity contribution >= 4 is 17.6 Å². The van der Waals surface area contributed by atoms with Crippen molar-refractivity contribution in [1.82, 2.24) is 0 Å². The van der Waals surface area contributed by atoms with Crippen LogP contribution in [0.4, 0.5) is 14.5 Å². The van der Waals surface area contributed by atoms with Crippen LogP contribution >= 0.6 is 0 Å². The van der Waals surface area contributed by atoms with Gasteiger partial charge in [-0.05, 0) is 31.4 Å². The molecule has 4 nitrogen and oxygen atoms in total. The number of anilines is 1. The van der Waals surface area contributed by atoms with Gasteiger partial charge in [-0.15, -0.1) is 0 Å². The Balaban J connectivity index is 2.02. The molecule has 2 rings (SSSR count). The average Bonchev–Trinajstić information content (AvgIpc) is 2.37. The molecule has 1 amide bonds. The van der Waals surface area contributed by atoms with Crippen molar-refractivity contribution in [2.75, 3.05) is 5.32 Å². The Morgan fingerprint density at radius 3 is 2.30 bits per heavy atom. The third kappa shape index (κ3) is 3.53. The Labute approximate surface area is 114 Å². The fraction of sp³-hybridized carbons (Fsp3) is 0.429. The number of carboxylic acid groups (broad SMARTS) is 1. The van der Waals surface area contributed by atoms with Crippen LogP contribution in [0.3, 0.4) is 0 Å². The Morgan fingerprint density at radius 1 is 1.10 bits per heavy atom. The van der Waals surface area contributed by atoms with Crippen molar-refractivity contribution in [2.24, 2.45) is 11.8 Å². The molecule has 0 aromatic heterocycles. The number of carbonyl (C=O) groups is 2. The molecule has 1 fully saturated rings. The van der Waals surface area contributed by atoms with E-state index in [-0.39, 0.29) is 18.0 Å². The lowest BCUT2D eigenvalue weighted by atomic mass is 9.81. The lowest BCUT2D eigenvalue weighted by Gasteiger charge is -2.25. The van der Waals surface area contributed by atoms with E-state index in [1.807, 2.05) is 0 Å².